The Bertz CT molecular complexity index is 971. The Balaban J connectivity index is 1.57. The molecule has 2 aromatic carbocycles. The SMILES string of the molecule is O=C(O)C=Cc1cccc(N(Cc2ccc(N3CCCCC3)cc2)C(=O)C2CCCCC2)c1. The van der Waals surface area contributed by atoms with Crippen LogP contribution in [-0.2, 0) is 16.1 Å². The molecule has 0 radical (unpaired) electrons. The first-order valence-electron chi connectivity index (χ1n) is 12.3. The lowest BCUT2D eigenvalue weighted by molar-refractivity contribution is -0.131. The predicted molar refractivity (Wildman–Crippen MR) is 133 cm³/mol. The lowest BCUT2D eigenvalue weighted by Crippen LogP contribution is -2.36. The highest BCUT2D eigenvalue weighted by Crippen LogP contribution is 2.30. The summed E-state index contributed by atoms with van der Waals surface area (Å²) in [7, 11) is 0. The van der Waals surface area contributed by atoms with Gasteiger partial charge in [-0.3, -0.25) is 4.79 Å². The maximum absolute atomic E-state index is 13.6. The van der Waals surface area contributed by atoms with E-state index in [1.54, 1.807) is 6.08 Å². The number of nitrogens with zero attached hydrogens (tertiary/aromatic N) is 2. The number of carbonyl (C=O) groups excluding carboxylic acids is 1. The number of carbonyl (C=O) groups is 2. The van der Waals surface area contributed by atoms with Crippen LogP contribution in [0.4, 0.5) is 11.4 Å². The van der Waals surface area contributed by atoms with Gasteiger partial charge in [-0.05, 0) is 73.6 Å². The van der Waals surface area contributed by atoms with Crippen molar-refractivity contribution in [3.63, 3.8) is 0 Å². The molecule has 1 saturated heterocycles. The summed E-state index contributed by atoms with van der Waals surface area (Å²) in [6.07, 6.45) is 11.8. The van der Waals surface area contributed by atoms with E-state index >= 15 is 0 Å². The number of amides is 1. The van der Waals surface area contributed by atoms with E-state index in [0.717, 1.165) is 61.7 Å². The first-order chi connectivity index (χ1) is 16.1. The van der Waals surface area contributed by atoms with Crippen molar-refractivity contribution in [2.24, 2.45) is 5.92 Å². The van der Waals surface area contributed by atoms with Gasteiger partial charge in [0.2, 0.25) is 5.91 Å². The number of rotatable bonds is 7. The van der Waals surface area contributed by atoms with E-state index < -0.39 is 5.97 Å². The molecule has 1 aliphatic heterocycles. The van der Waals surface area contributed by atoms with Crippen LogP contribution in [0.25, 0.3) is 6.08 Å². The Morgan fingerprint density at radius 3 is 2.33 bits per heavy atom. The van der Waals surface area contributed by atoms with Crippen LogP contribution in [0, 0.1) is 5.92 Å². The van der Waals surface area contributed by atoms with Crippen LogP contribution in [0.3, 0.4) is 0 Å². The monoisotopic (exact) mass is 446 g/mol. The van der Waals surface area contributed by atoms with Gasteiger partial charge < -0.3 is 14.9 Å². The Morgan fingerprint density at radius 2 is 1.64 bits per heavy atom. The topological polar surface area (TPSA) is 60.9 Å². The van der Waals surface area contributed by atoms with Gasteiger partial charge in [0.1, 0.15) is 0 Å². The standard InChI is InChI=1S/C28H34N2O3/c31-27(32)17-14-22-8-7-11-26(20-22)30(28(33)24-9-3-1-4-10-24)21-23-12-15-25(16-13-23)29-18-5-2-6-19-29/h7-8,11-17,20,24H,1-6,9-10,18-19,21H2,(H,31,32). The number of piperidine rings is 1. The Kier molecular flexibility index (Phi) is 7.82. The molecule has 33 heavy (non-hydrogen) atoms. The minimum Gasteiger partial charge on any atom is -0.478 e. The van der Waals surface area contributed by atoms with Crippen LogP contribution in [0.2, 0.25) is 0 Å². The zero-order valence-electron chi connectivity index (χ0n) is 19.3. The number of benzene rings is 2. The zero-order valence-corrected chi connectivity index (χ0v) is 19.3. The molecule has 0 spiro atoms. The molecule has 1 N–H and O–H groups in total. The van der Waals surface area contributed by atoms with Gasteiger partial charge in [0.05, 0.1) is 6.54 Å². The highest BCUT2D eigenvalue weighted by Gasteiger charge is 2.27. The molecular weight excluding hydrogens is 412 g/mol. The number of carboxylic acids is 1. The Labute approximate surface area is 196 Å². The van der Waals surface area contributed by atoms with Crippen LogP contribution in [-0.4, -0.2) is 30.1 Å². The first kappa shape index (κ1) is 23.1. The Morgan fingerprint density at radius 1 is 0.939 bits per heavy atom. The molecule has 2 aromatic rings. The minimum atomic E-state index is -0.982. The van der Waals surface area contributed by atoms with Crippen molar-refractivity contribution in [3.05, 3.63) is 65.7 Å². The summed E-state index contributed by atoms with van der Waals surface area (Å²) in [5.41, 5.74) is 3.95. The molecule has 0 atom stereocenters. The molecule has 0 unspecified atom stereocenters. The van der Waals surface area contributed by atoms with Gasteiger partial charge in [-0.2, -0.15) is 0 Å². The van der Waals surface area contributed by atoms with Crippen molar-refractivity contribution >= 4 is 29.3 Å². The van der Waals surface area contributed by atoms with Gasteiger partial charge in [0.25, 0.3) is 0 Å². The van der Waals surface area contributed by atoms with Crippen LogP contribution in [0.15, 0.2) is 54.6 Å². The van der Waals surface area contributed by atoms with E-state index in [0.29, 0.717) is 6.54 Å². The molecule has 2 aliphatic rings. The third-order valence-corrected chi connectivity index (χ3v) is 6.82. The van der Waals surface area contributed by atoms with Gasteiger partial charge in [-0.15, -0.1) is 0 Å². The summed E-state index contributed by atoms with van der Waals surface area (Å²) in [5, 5.41) is 8.97. The molecule has 5 heteroatoms. The van der Waals surface area contributed by atoms with Crippen LogP contribution >= 0.6 is 0 Å². The van der Waals surface area contributed by atoms with Gasteiger partial charge in [-0.1, -0.05) is 43.5 Å². The van der Waals surface area contributed by atoms with Crippen molar-refractivity contribution < 1.29 is 14.7 Å². The second kappa shape index (κ2) is 11.2. The number of hydrogen-bond donors (Lipinski definition) is 1. The number of anilines is 2. The smallest absolute Gasteiger partial charge is 0.328 e. The predicted octanol–water partition coefficient (Wildman–Crippen LogP) is 5.89. The average Bonchev–Trinajstić information content (AvgIpc) is 2.87. The molecular formula is C28H34N2O3. The fourth-order valence-corrected chi connectivity index (χ4v) is 4.98. The molecule has 1 aliphatic carbocycles. The van der Waals surface area contributed by atoms with Crippen molar-refractivity contribution in [1.82, 2.24) is 0 Å². The van der Waals surface area contributed by atoms with E-state index in [9.17, 15) is 9.59 Å². The normalized spacial score (nSPS) is 17.3. The van der Waals surface area contributed by atoms with Gasteiger partial charge >= 0.3 is 5.97 Å². The van der Waals surface area contributed by atoms with Gasteiger partial charge in [0.15, 0.2) is 0 Å². The van der Waals surface area contributed by atoms with Crippen molar-refractivity contribution in [3.8, 4) is 0 Å². The number of aliphatic carboxylic acids is 1. The zero-order chi connectivity index (χ0) is 23.0. The van der Waals surface area contributed by atoms with Crippen LogP contribution < -0.4 is 9.80 Å². The molecule has 5 nitrogen and oxygen atoms in total. The van der Waals surface area contributed by atoms with E-state index in [1.165, 1.54) is 31.4 Å². The lowest BCUT2D eigenvalue weighted by atomic mass is 9.88. The summed E-state index contributed by atoms with van der Waals surface area (Å²) in [4.78, 5) is 28.9. The Hall–Kier alpha value is -3.08. The van der Waals surface area contributed by atoms with Crippen molar-refractivity contribution in [1.29, 1.82) is 0 Å². The summed E-state index contributed by atoms with van der Waals surface area (Å²) in [6, 6.07) is 16.2. The first-order valence-corrected chi connectivity index (χ1v) is 12.3. The fraction of sp³-hybridized carbons (Fsp3) is 0.429. The van der Waals surface area contributed by atoms with Crippen LogP contribution in [0.5, 0.6) is 0 Å². The summed E-state index contributed by atoms with van der Waals surface area (Å²) in [6.45, 7) is 2.74. The van der Waals surface area contributed by atoms with Crippen molar-refractivity contribution in [2.75, 3.05) is 22.9 Å². The highest BCUT2D eigenvalue weighted by molar-refractivity contribution is 5.95. The molecule has 0 bridgehead atoms. The molecule has 1 saturated carbocycles. The van der Waals surface area contributed by atoms with E-state index in [-0.39, 0.29) is 11.8 Å². The maximum atomic E-state index is 13.6. The number of carboxylic acid groups (broad SMARTS) is 1. The molecule has 174 valence electrons. The summed E-state index contributed by atoms with van der Waals surface area (Å²) < 4.78 is 0. The van der Waals surface area contributed by atoms with Gasteiger partial charge in [-0.25, -0.2) is 4.79 Å². The van der Waals surface area contributed by atoms with E-state index in [2.05, 4.69) is 29.2 Å². The quantitative estimate of drug-likeness (QED) is 0.539. The second-order valence-corrected chi connectivity index (χ2v) is 9.24. The maximum Gasteiger partial charge on any atom is 0.328 e. The second-order valence-electron chi connectivity index (χ2n) is 9.24. The average molecular weight is 447 g/mol. The summed E-state index contributed by atoms with van der Waals surface area (Å²) >= 11 is 0. The number of hydrogen-bond acceptors (Lipinski definition) is 3. The van der Waals surface area contributed by atoms with Crippen LogP contribution in [0.1, 0.15) is 62.5 Å². The van der Waals surface area contributed by atoms with Gasteiger partial charge in [0, 0.05) is 36.5 Å². The van der Waals surface area contributed by atoms with E-state index in [1.807, 2.05) is 29.2 Å². The molecule has 2 fully saturated rings. The van der Waals surface area contributed by atoms with Crippen molar-refractivity contribution in [2.45, 2.75) is 57.9 Å². The largest absolute Gasteiger partial charge is 0.478 e. The third-order valence-electron chi connectivity index (χ3n) is 6.82. The molecule has 0 aromatic heterocycles. The fourth-order valence-electron chi connectivity index (χ4n) is 4.98. The lowest BCUT2D eigenvalue weighted by Gasteiger charge is -2.31. The molecule has 1 heterocycles. The molecule has 1 amide bonds. The summed E-state index contributed by atoms with van der Waals surface area (Å²) in [5.74, 6) is -0.747. The molecule has 4 rings (SSSR count). The highest BCUT2D eigenvalue weighted by atomic mass is 16.4. The third kappa shape index (κ3) is 6.25. The van der Waals surface area contributed by atoms with E-state index in [4.69, 9.17) is 5.11 Å². The minimum absolute atomic E-state index is 0.0598.